The molecule has 2 heterocycles. The maximum Gasteiger partial charge on any atom is 0.248 e. The zero-order chi connectivity index (χ0) is 27.1. The van der Waals surface area contributed by atoms with Crippen LogP contribution in [0.15, 0.2) is 17.0 Å². The number of benzene rings is 1. The van der Waals surface area contributed by atoms with Crippen LogP contribution in [0.3, 0.4) is 0 Å². The van der Waals surface area contributed by atoms with Crippen LogP contribution in [0.2, 0.25) is 0 Å². The van der Waals surface area contributed by atoms with E-state index in [1.807, 2.05) is 30.9 Å². The van der Waals surface area contributed by atoms with E-state index in [0.29, 0.717) is 32.0 Å². The van der Waals surface area contributed by atoms with Crippen LogP contribution in [0.1, 0.15) is 36.8 Å². The minimum atomic E-state index is -1.34. The smallest absolute Gasteiger partial charge is 0.248 e. The Morgan fingerprint density at radius 1 is 1.11 bits per heavy atom. The lowest BCUT2D eigenvalue weighted by Crippen LogP contribution is -2.51. The Hall–Kier alpha value is -2.01. The minimum Gasteiger partial charge on any atom is -0.497 e. The van der Waals surface area contributed by atoms with E-state index >= 15 is 0 Å². The molecule has 2 aliphatic rings. The largest absolute Gasteiger partial charge is 0.497 e. The van der Waals surface area contributed by atoms with Crippen LogP contribution >= 0.6 is 0 Å². The first-order chi connectivity index (χ1) is 17.6. The number of aryl methyl sites for hydroxylation is 2. The Morgan fingerprint density at radius 3 is 2.43 bits per heavy atom. The SMILES string of the molecule is COc1cc(C)c(S(=O)N(C)CCOCC(=O)N(C)C2CCCN(C(=O)CC3CCN(C)C3)C2)c(C)c1. The molecule has 0 radical (unpaired) electrons. The Labute approximate surface area is 224 Å². The molecule has 9 nitrogen and oxygen atoms in total. The lowest BCUT2D eigenvalue weighted by molar-refractivity contribution is -0.141. The van der Waals surface area contributed by atoms with E-state index in [-0.39, 0.29) is 24.5 Å². The fraction of sp³-hybridized carbons (Fsp3) is 0.704. The third kappa shape index (κ3) is 7.99. The molecular weight excluding hydrogens is 492 g/mol. The maximum atomic E-state index is 13.1. The van der Waals surface area contributed by atoms with Gasteiger partial charge in [0.15, 0.2) is 0 Å². The first-order valence-electron chi connectivity index (χ1n) is 13.2. The molecule has 2 saturated heterocycles. The van der Waals surface area contributed by atoms with Gasteiger partial charge in [0.2, 0.25) is 11.8 Å². The van der Waals surface area contributed by atoms with Gasteiger partial charge in [-0.25, -0.2) is 8.51 Å². The van der Waals surface area contributed by atoms with Gasteiger partial charge in [0, 0.05) is 52.7 Å². The summed E-state index contributed by atoms with van der Waals surface area (Å²) in [5, 5.41) is 0. The van der Waals surface area contributed by atoms with Gasteiger partial charge in [0.05, 0.1) is 18.6 Å². The molecule has 0 aromatic heterocycles. The summed E-state index contributed by atoms with van der Waals surface area (Å²) in [4.78, 5) is 32.4. The number of amides is 2. The molecule has 2 aliphatic heterocycles. The van der Waals surface area contributed by atoms with E-state index in [1.54, 1.807) is 30.4 Å². The molecule has 208 valence electrons. The van der Waals surface area contributed by atoms with Crippen molar-refractivity contribution in [2.75, 3.05) is 74.2 Å². The quantitative estimate of drug-likeness (QED) is 0.403. The van der Waals surface area contributed by atoms with Gasteiger partial charge in [-0.05, 0) is 75.9 Å². The first-order valence-corrected chi connectivity index (χ1v) is 14.3. The van der Waals surface area contributed by atoms with E-state index in [1.165, 1.54) is 0 Å². The van der Waals surface area contributed by atoms with Crippen LogP contribution in [0.4, 0.5) is 0 Å². The summed E-state index contributed by atoms with van der Waals surface area (Å²) in [5.74, 6) is 1.30. The molecule has 2 amide bonds. The highest BCUT2D eigenvalue weighted by Gasteiger charge is 2.30. The van der Waals surface area contributed by atoms with Gasteiger partial charge >= 0.3 is 0 Å². The number of nitrogens with zero attached hydrogens (tertiary/aromatic N) is 4. The third-order valence-corrected chi connectivity index (χ3v) is 9.29. The number of rotatable bonds is 11. The molecule has 2 fully saturated rings. The lowest BCUT2D eigenvalue weighted by Gasteiger charge is -2.38. The van der Waals surface area contributed by atoms with Crippen molar-refractivity contribution in [3.63, 3.8) is 0 Å². The number of likely N-dealkylation sites (N-methyl/N-ethyl adjacent to an activating group) is 2. The number of likely N-dealkylation sites (tertiary alicyclic amines) is 2. The molecule has 1 aromatic carbocycles. The van der Waals surface area contributed by atoms with Crippen molar-refractivity contribution in [3.05, 3.63) is 23.3 Å². The van der Waals surface area contributed by atoms with Crippen LogP contribution in [-0.4, -0.2) is 115 Å². The highest BCUT2D eigenvalue weighted by molar-refractivity contribution is 7.82. The Bertz CT molecular complexity index is 951. The van der Waals surface area contributed by atoms with Gasteiger partial charge in [-0.2, -0.15) is 0 Å². The summed E-state index contributed by atoms with van der Waals surface area (Å²) in [6, 6.07) is 3.77. The lowest BCUT2D eigenvalue weighted by atomic mass is 10.0. The van der Waals surface area contributed by atoms with Crippen LogP contribution in [0.5, 0.6) is 5.75 Å². The highest BCUT2D eigenvalue weighted by Crippen LogP contribution is 2.26. The Morgan fingerprint density at radius 2 is 1.81 bits per heavy atom. The van der Waals surface area contributed by atoms with Crippen molar-refractivity contribution in [3.8, 4) is 5.75 Å². The second kappa shape index (κ2) is 13.7. The number of piperidine rings is 1. The van der Waals surface area contributed by atoms with E-state index < -0.39 is 11.0 Å². The van der Waals surface area contributed by atoms with Gasteiger partial charge in [-0.3, -0.25) is 9.59 Å². The number of hydrogen-bond donors (Lipinski definition) is 0. The molecule has 10 heteroatoms. The predicted octanol–water partition coefficient (Wildman–Crippen LogP) is 2.07. The number of carbonyl (C=O) groups excluding carboxylic acids is 2. The van der Waals surface area contributed by atoms with Gasteiger partial charge in [-0.15, -0.1) is 0 Å². The van der Waals surface area contributed by atoms with Crippen LogP contribution in [0, 0.1) is 19.8 Å². The molecule has 0 spiro atoms. The summed E-state index contributed by atoms with van der Waals surface area (Å²) < 4.78 is 25.8. The number of methoxy groups -OCH3 is 1. The summed E-state index contributed by atoms with van der Waals surface area (Å²) in [6.07, 6.45) is 3.47. The van der Waals surface area contributed by atoms with Crippen molar-refractivity contribution < 1.29 is 23.3 Å². The average molecular weight is 537 g/mol. The molecule has 0 N–H and O–H groups in total. The molecule has 0 saturated carbocycles. The average Bonchev–Trinajstić information content (AvgIpc) is 3.29. The van der Waals surface area contributed by atoms with E-state index in [0.717, 1.165) is 60.7 Å². The number of ether oxygens (including phenoxy) is 2. The summed E-state index contributed by atoms with van der Waals surface area (Å²) >= 11 is 0. The molecule has 3 atom stereocenters. The van der Waals surface area contributed by atoms with Crippen LogP contribution < -0.4 is 4.74 Å². The number of hydrogen-bond acceptors (Lipinski definition) is 6. The van der Waals surface area contributed by atoms with Crippen LogP contribution in [-0.2, 0) is 25.3 Å². The van der Waals surface area contributed by atoms with E-state index in [9.17, 15) is 13.8 Å². The number of carbonyl (C=O) groups is 2. The standard InChI is InChI=1S/C27H44N4O5S/c1-20-14-24(35-6)15-21(2)27(20)37(34)29(4)12-13-36-19-26(33)30(5)23-8-7-10-31(18-23)25(32)16-22-9-11-28(3)17-22/h14-15,22-23H,7-13,16-19H2,1-6H3. The zero-order valence-electron chi connectivity index (χ0n) is 23.3. The van der Waals surface area contributed by atoms with E-state index in [4.69, 9.17) is 9.47 Å². The Kier molecular flexibility index (Phi) is 10.9. The van der Waals surface area contributed by atoms with Crippen molar-refractivity contribution >= 4 is 22.8 Å². The normalized spacial score (nSPS) is 21.3. The Balaban J connectivity index is 1.41. The van der Waals surface area contributed by atoms with Gasteiger partial charge in [0.25, 0.3) is 0 Å². The second-order valence-corrected chi connectivity index (χ2v) is 12.0. The van der Waals surface area contributed by atoms with Crippen molar-refractivity contribution in [1.29, 1.82) is 0 Å². The van der Waals surface area contributed by atoms with Crippen molar-refractivity contribution in [2.24, 2.45) is 5.92 Å². The molecule has 37 heavy (non-hydrogen) atoms. The van der Waals surface area contributed by atoms with Gasteiger partial charge < -0.3 is 24.2 Å². The molecular formula is C27H44N4O5S. The maximum absolute atomic E-state index is 13.1. The molecule has 3 rings (SSSR count). The third-order valence-electron chi connectivity index (χ3n) is 7.55. The summed E-state index contributed by atoms with van der Waals surface area (Å²) in [7, 11) is 5.96. The highest BCUT2D eigenvalue weighted by atomic mass is 32.2. The fourth-order valence-corrected chi connectivity index (χ4v) is 6.49. The van der Waals surface area contributed by atoms with Gasteiger partial charge in [0.1, 0.15) is 23.3 Å². The van der Waals surface area contributed by atoms with Gasteiger partial charge in [-0.1, -0.05) is 0 Å². The summed E-state index contributed by atoms with van der Waals surface area (Å²) in [5.41, 5.74) is 1.82. The molecule has 3 unspecified atom stereocenters. The minimum absolute atomic E-state index is 0.0104. The summed E-state index contributed by atoms with van der Waals surface area (Å²) in [6.45, 7) is 7.95. The first kappa shape index (κ1) is 29.5. The fourth-order valence-electron chi connectivity index (χ4n) is 5.27. The van der Waals surface area contributed by atoms with Crippen LogP contribution in [0.25, 0.3) is 0 Å². The monoisotopic (exact) mass is 536 g/mol. The molecule has 1 aromatic rings. The topological polar surface area (TPSA) is 82.6 Å². The van der Waals surface area contributed by atoms with Crippen molar-refractivity contribution in [1.82, 2.24) is 19.0 Å². The molecule has 0 bridgehead atoms. The second-order valence-electron chi connectivity index (χ2n) is 10.5. The zero-order valence-corrected chi connectivity index (χ0v) is 24.1. The molecule has 0 aliphatic carbocycles. The van der Waals surface area contributed by atoms with E-state index in [2.05, 4.69) is 11.9 Å². The van der Waals surface area contributed by atoms with Crippen molar-refractivity contribution in [2.45, 2.75) is 50.5 Å². The predicted molar refractivity (Wildman–Crippen MR) is 145 cm³/mol.